The molecule has 1 aromatic heterocycles. The minimum Gasteiger partial charge on any atom is -0.324 e. The second kappa shape index (κ2) is 5.58. The van der Waals surface area contributed by atoms with E-state index in [1.807, 2.05) is 0 Å². The standard InChI is InChI=1S/C9H15N3O2S.ClH/c1-9(2,10)7-12-15(13,14)8-4-3-5-11-6-8;/h3-6,12H,7,10H2,1-2H3;1H. The van der Waals surface area contributed by atoms with Gasteiger partial charge in [0.2, 0.25) is 10.0 Å². The molecular weight excluding hydrogens is 250 g/mol. The second-order valence-electron chi connectivity index (χ2n) is 4.00. The molecule has 0 fully saturated rings. The van der Waals surface area contributed by atoms with E-state index in [0.29, 0.717) is 0 Å². The summed E-state index contributed by atoms with van der Waals surface area (Å²) < 4.78 is 25.8. The first kappa shape index (κ1) is 15.3. The molecule has 1 heterocycles. The number of nitrogens with two attached hydrogens (primary N) is 1. The number of aromatic nitrogens is 1. The number of rotatable bonds is 4. The summed E-state index contributed by atoms with van der Waals surface area (Å²) in [5, 5.41) is 0. The number of hydrogen-bond donors (Lipinski definition) is 2. The molecule has 0 saturated heterocycles. The third-order valence-electron chi connectivity index (χ3n) is 1.66. The number of nitrogens with zero attached hydrogens (tertiary/aromatic N) is 1. The fourth-order valence-corrected chi connectivity index (χ4v) is 2.06. The van der Waals surface area contributed by atoms with Crippen molar-refractivity contribution in [3.05, 3.63) is 24.5 Å². The first-order chi connectivity index (χ1) is 6.81. The Morgan fingerprint density at radius 3 is 2.56 bits per heavy atom. The summed E-state index contributed by atoms with van der Waals surface area (Å²) >= 11 is 0. The lowest BCUT2D eigenvalue weighted by atomic mass is 10.1. The highest BCUT2D eigenvalue weighted by atomic mass is 35.5. The molecule has 7 heteroatoms. The van der Waals surface area contributed by atoms with Crippen LogP contribution in [0.25, 0.3) is 0 Å². The highest BCUT2D eigenvalue weighted by Crippen LogP contribution is 2.06. The van der Waals surface area contributed by atoms with E-state index in [2.05, 4.69) is 9.71 Å². The predicted molar refractivity (Wildman–Crippen MR) is 64.9 cm³/mol. The second-order valence-corrected chi connectivity index (χ2v) is 5.77. The first-order valence-corrected chi connectivity index (χ1v) is 5.98. The molecule has 0 aromatic carbocycles. The number of halogens is 1. The third kappa shape index (κ3) is 4.89. The van der Waals surface area contributed by atoms with Gasteiger partial charge in [0.1, 0.15) is 4.90 Å². The molecule has 0 saturated carbocycles. The van der Waals surface area contributed by atoms with Crippen molar-refractivity contribution in [2.24, 2.45) is 5.73 Å². The van der Waals surface area contributed by atoms with E-state index in [4.69, 9.17) is 5.73 Å². The minimum absolute atomic E-state index is 0. The van der Waals surface area contributed by atoms with Crippen LogP contribution in [0.3, 0.4) is 0 Å². The molecule has 0 spiro atoms. The number of nitrogens with one attached hydrogen (secondary N) is 1. The maximum absolute atomic E-state index is 11.7. The van der Waals surface area contributed by atoms with E-state index in [1.54, 1.807) is 19.9 Å². The van der Waals surface area contributed by atoms with Crippen molar-refractivity contribution in [1.82, 2.24) is 9.71 Å². The SMILES string of the molecule is CC(C)(N)CNS(=O)(=O)c1cccnc1.Cl. The highest BCUT2D eigenvalue weighted by molar-refractivity contribution is 7.89. The van der Waals surface area contributed by atoms with Crippen LogP contribution in [0.15, 0.2) is 29.4 Å². The average molecular weight is 266 g/mol. The fourth-order valence-electron chi connectivity index (χ4n) is 0.870. The van der Waals surface area contributed by atoms with Crippen molar-refractivity contribution >= 4 is 22.4 Å². The van der Waals surface area contributed by atoms with Crippen molar-refractivity contribution < 1.29 is 8.42 Å². The van der Waals surface area contributed by atoms with Gasteiger partial charge in [-0.2, -0.15) is 0 Å². The average Bonchev–Trinajstić information content (AvgIpc) is 2.16. The zero-order valence-electron chi connectivity index (χ0n) is 9.17. The van der Waals surface area contributed by atoms with Crippen LogP contribution in [0.2, 0.25) is 0 Å². The summed E-state index contributed by atoms with van der Waals surface area (Å²) in [5.41, 5.74) is 5.10. The van der Waals surface area contributed by atoms with Crippen LogP contribution in [-0.4, -0.2) is 25.5 Å². The Bertz CT molecular complexity index is 414. The first-order valence-electron chi connectivity index (χ1n) is 4.50. The Hall–Kier alpha value is -0.690. The molecule has 0 aliphatic rings. The van der Waals surface area contributed by atoms with Crippen LogP contribution >= 0.6 is 12.4 Å². The highest BCUT2D eigenvalue weighted by Gasteiger charge is 2.18. The van der Waals surface area contributed by atoms with E-state index in [0.717, 1.165) is 0 Å². The minimum atomic E-state index is -3.49. The summed E-state index contributed by atoms with van der Waals surface area (Å²) in [6.07, 6.45) is 2.82. The molecule has 0 aliphatic carbocycles. The molecule has 0 radical (unpaired) electrons. The lowest BCUT2D eigenvalue weighted by molar-refractivity contribution is 0.498. The number of hydrogen-bond acceptors (Lipinski definition) is 4. The monoisotopic (exact) mass is 265 g/mol. The van der Waals surface area contributed by atoms with Gasteiger partial charge >= 0.3 is 0 Å². The lowest BCUT2D eigenvalue weighted by Crippen LogP contribution is -2.45. The largest absolute Gasteiger partial charge is 0.324 e. The van der Waals surface area contributed by atoms with E-state index in [1.165, 1.54) is 18.5 Å². The van der Waals surface area contributed by atoms with Crippen LogP contribution in [0.5, 0.6) is 0 Å². The zero-order valence-corrected chi connectivity index (χ0v) is 10.8. The Labute approximate surface area is 102 Å². The maximum Gasteiger partial charge on any atom is 0.242 e. The molecule has 1 rings (SSSR count). The Kier molecular flexibility index (Phi) is 5.34. The van der Waals surface area contributed by atoms with Gasteiger partial charge in [-0.25, -0.2) is 13.1 Å². The van der Waals surface area contributed by atoms with Gasteiger partial charge < -0.3 is 5.73 Å². The number of pyridine rings is 1. The summed E-state index contributed by atoms with van der Waals surface area (Å²) in [6.45, 7) is 3.68. The molecule has 0 aliphatic heterocycles. The van der Waals surface area contributed by atoms with Gasteiger partial charge in [-0.15, -0.1) is 12.4 Å². The Balaban J connectivity index is 0.00000225. The molecule has 92 valence electrons. The van der Waals surface area contributed by atoms with E-state index >= 15 is 0 Å². The molecule has 0 bridgehead atoms. The molecule has 5 nitrogen and oxygen atoms in total. The third-order valence-corrected chi connectivity index (χ3v) is 3.05. The van der Waals surface area contributed by atoms with Crippen LogP contribution in [-0.2, 0) is 10.0 Å². The van der Waals surface area contributed by atoms with Crippen molar-refractivity contribution in [3.63, 3.8) is 0 Å². The summed E-state index contributed by atoms with van der Waals surface area (Å²) in [5.74, 6) is 0. The topological polar surface area (TPSA) is 85.1 Å². The van der Waals surface area contributed by atoms with Gasteiger partial charge in [0.25, 0.3) is 0 Å². The van der Waals surface area contributed by atoms with Gasteiger partial charge in [0.05, 0.1) is 0 Å². The number of sulfonamides is 1. The van der Waals surface area contributed by atoms with Crippen LogP contribution < -0.4 is 10.5 Å². The zero-order chi connectivity index (χ0) is 11.5. The molecule has 16 heavy (non-hydrogen) atoms. The summed E-state index contributed by atoms with van der Waals surface area (Å²) in [4.78, 5) is 3.89. The molecule has 3 N–H and O–H groups in total. The maximum atomic E-state index is 11.7. The molecule has 0 atom stereocenters. The van der Waals surface area contributed by atoms with Gasteiger partial charge in [0, 0.05) is 24.5 Å². The van der Waals surface area contributed by atoms with Crippen LogP contribution in [0.1, 0.15) is 13.8 Å². The van der Waals surface area contributed by atoms with Gasteiger partial charge in [0.15, 0.2) is 0 Å². The van der Waals surface area contributed by atoms with Crippen molar-refractivity contribution in [2.75, 3.05) is 6.54 Å². The van der Waals surface area contributed by atoms with Crippen LogP contribution in [0.4, 0.5) is 0 Å². The summed E-state index contributed by atoms with van der Waals surface area (Å²) in [6, 6.07) is 3.06. The smallest absolute Gasteiger partial charge is 0.242 e. The van der Waals surface area contributed by atoms with E-state index in [9.17, 15) is 8.42 Å². The van der Waals surface area contributed by atoms with Crippen molar-refractivity contribution in [2.45, 2.75) is 24.3 Å². The molecule has 0 unspecified atom stereocenters. The molecule has 0 amide bonds. The van der Waals surface area contributed by atoms with Crippen molar-refractivity contribution in [1.29, 1.82) is 0 Å². The van der Waals surface area contributed by atoms with Crippen LogP contribution in [0, 0.1) is 0 Å². The van der Waals surface area contributed by atoms with Crippen molar-refractivity contribution in [3.8, 4) is 0 Å². The van der Waals surface area contributed by atoms with Gasteiger partial charge in [-0.1, -0.05) is 0 Å². The van der Waals surface area contributed by atoms with E-state index in [-0.39, 0.29) is 23.8 Å². The van der Waals surface area contributed by atoms with Gasteiger partial charge in [-0.3, -0.25) is 4.98 Å². The van der Waals surface area contributed by atoms with Gasteiger partial charge in [-0.05, 0) is 26.0 Å². The summed E-state index contributed by atoms with van der Waals surface area (Å²) in [7, 11) is -3.49. The lowest BCUT2D eigenvalue weighted by Gasteiger charge is -2.18. The quantitative estimate of drug-likeness (QED) is 0.831. The fraction of sp³-hybridized carbons (Fsp3) is 0.444. The Morgan fingerprint density at radius 2 is 2.12 bits per heavy atom. The van der Waals surface area contributed by atoms with E-state index < -0.39 is 15.6 Å². The normalized spacial score (nSPS) is 11.9. The molecular formula is C9H16ClN3O2S. The predicted octanol–water partition coefficient (Wildman–Crippen LogP) is 0.519. The Morgan fingerprint density at radius 1 is 1.50 bits per heavy atom. The molecule has 1 aromatic rings.